The summed E-state index contributed by atoms with van der Waals surface area (Å²) in [5.41, 5.74) is 10.1. The van der Waals surface area contributed by atoms with Gasteiger partial charge in [0.1, 0.15) is 6.04 Å². The molecule has 3 aromatic carbocycles. The van der Waals surface area contributed by atoms with Crippen molar-refractivity contribution in [3.8, 4) is 11.1 Å². The molecular formula is C23H22N2O4S. The molecule has 1 heterocycles. The molecule has 0 radical (unpaired) electrons. The summed E-state index contributed by atoms with van der Waals surface area (Å²) < 4.78 is 33.0. The Morgan fingerprint density at radius 2 is 1.50 bits per heavy atom. The number of esters is 1. The van der Waals surface area contributed by atoms with E-state index < -0.39 is 22.0 Å². The van der Waals surface area contributed by atoms with Crippen LogP contribution < -0.4 is 5.73 Å². The molecule has 0 amide bonds. The zero-order chi connectivity index (χ0) is 21.3. The summed E-state index contributed by atoms with van der Waals surface area (Å²) in [6.45, 7) is 0.123. The minimum Gasteiger partial charge on any atom is -0.468 e. The molecule has 1 aliphatic heterocycles. The van der Waals surface area contributed by atoms with Crippen LogP contribution in [0.3, 0.4) is 0 Å². The monoisotopic (exact) mass is 422 g/mol. The van der Waals surface area contributed by atoms with Crippen LogP contribution in [0.15, 0.2) is 77.7 Å². The highest BCUT2D eigenvalue weighted by Gasteiger charge is 2.40. The Kier molecular flexibility index (Phi) is 5.32. The highest BCUT2D eigenvalue weighted by molar-refractivity contribution is 7.89. The highest BCUT2D eigenvalue weighted by atomic mass is 32.2. The highest BCUT2D eigenvalue weighted by Crippen LogP contribution is 2.31. The Labute approximate surface area is 176 Å². The summed E-state index contributed by atoms with van der Waals surface area (Å²) in [4.78, 5) is 12.5. The van der Waals surface area contributed by atoms with Gasteiger partial charge in [0, 0.05) is 18.7 Å². The lowest BCUT2D eigenvalue weighted by molar-refractivity contribution is -0.145. The lowest BCUT2D eigenvalue weighted by Gasteiger charge is -2.34. The first kappa shape index (κ1) is 20.1. The zero-order valence-electron chi connectivity index (χ0n) is 16.5. The third-order valence-corrected chi connectivity index (χ3v) is 7.25. The SMILES string of the molecule is COC(=O)[C@H]1Cc2ccccc2CN1S(=O)(=O)c1ccc(-c2ccc(N)cc2)cc1. The van der Waals surface area contributed by atoms with Gasteiger partial charge >= 0.3 is 5.97 Å². The van der Waals surface area contributed by atoms with Crippen molar-refractivity contribution in [2.45, 2.75) is 23.9 Å². The van der Waals surface area contributed by atoms with E-state index in [0.717, 1.165) is 22.3 Å². The molecule has 30 heavy (non-hydrogen) atoms. The first-order chi connectivity index (χ1) is 14.4. The lowest BCUT2D eigenvalue weighted by Crippen LogP contribution is -2.48. The third kappa shape index (κ3) is 3.69. The van der Waals surface area contributed by atoms with E-state index in [2.05, 4.69) is 0 Å². The quantitative estimate of drug-likeness (QED) is 0.515. The molecule has 1 aliphatic rings. The smallest absolute Gasteiger partial charge is 0.324 e. The number of fused-ring (bicyclic) bond motifs is 1. The van der Waals surface area contributed by atoms with Gasteiger partial charge in [-0.05, 0) is 46.5 Å². The minimum absolute atomic E-state index is 0.123. The predicted octanol–water partition coefficient (Wildman–Crippen LogP) is 3.22. The van der Waals surface area contributed by atoms with E-state index in [9.17, 15) is 13.2 Å². The number of hydrogen-bond donors (Lipinski definition) is 1. The van der Waals surface area contributed by atoms with Gasteiger partial charge in [0.25, 0.3) is 0 Å². The van der Waals surface area contributed by atoms with Gasteiger partial charge in [-0.3, -0.25) is 4.79 Å². The predicted molar refractivity (Wildman–Crippen MR) is 115 cm³/mol. The maximum Gasteiger partial charge on any atom is 0.324 e. The van der Waals surface area contributed by atoms with Gasteiger partial charge in [-0.2, -0.15) is 4.31 Å². The average molecular weight is 423 g/mol. The summed E-state index contributed by atoms with van der Waals surface area (Å²) in [5, 5.41) is 0. The molecule has 7 heteroatoms. The number of ether oxygens (including phenoxy) is 1. The van der Waals surface area contributed by atoms with Crippen molar-refractivity contribution >= 4 is 21.7 Å². The van der Waals surface area contributed by atoms with Crippen LogP contribution in [0.25, 0.3) is 11.1 Å². The van der Waals surface area contributed by atoms with Crippen molar-refractivity contribution < 1.29 is 17.9 Å². The van der Waals surface area contributed by atoms with Crippen molar-refractivity contribution in [2.24, 2.45) is 0 Å². The number of methoxy groups -OCH3 is 1. The van der Waals surface area contributed by atoms with E-state index in [-0.39, 0.29) is 17.9 Å². The summed E-state index contributed by atoms with van der Waals surface area (Å²) in [6.07, 6.45) is 0.283. The number of benzene rings is 3. The second-order valence-electron chi connectivity index (χ2n) is 7.21. The number of carbonyl (C=O) groups is 1. The molecular weight excluding hydrogens is 400 g/mol. The topological polar surface area (TPSA) is 89.7 Å². The normalized spacial score (nSPS) is 16.6. The number of sulfonamides is 1. The van der Waals surface area contributed by atoms with E-state index in [1.165, 1.54) is 11.4 Å². The standard InChI is InChI=1S/C23H22N2O4S/c1-29-23(26)22-14-18-4-2-3-5-19(18)15-25(22)30(27,28)21-12-8-17(9-13-21)16-6-10-20(24)11-7-16/h2-13,22H,14-15,24H2,1H3/t22-/m1/s1. The van der Waals surface area contributed by atoms with Crippen molar-refractivity contribution in [3.05, 3.63) is 83.9 Å². The Bertz CT molecular complexity index is 1170. The van der Waals surface area contributed by atoms with Gasteiger partial charge in [0.05, 0.1) is 12.0 Å². The Morgan fingerprint density at radius 1 is 0.933 bits per heavy atom. The van der Waals surface area contributed by atoms with E-state index in [1.807, 2.05) is 36.4 Å². The molecule has 3 aromatic rings. The molecule has 0 bridgehead atoms. The maximum atomic E-state index is 13.4. The molecule has 2 N–H and O–H groups in total. The molecule has 1 atom stereocenters. The van der Waals surface area contributed by atoms with Gasteiger partial charge in [-0.25, -0.2) is 8.42 Å². The summed E-state index contributed by atoms with van der Waals surface area (Å²) in [5.74, 6) is -0.563. The van der Waals surface area contributed by atoms with Crippen LogP contribution in [0.5, 0.6) is 0 Å². The third-order valence-electron chi connectivity index (χ3n) is 5.38. The van der Waals surface area contributed by atoms with Crippen LogP contribution in [0.1, 0.15) is 11.1 Å². The van der Waals surface area contributed by atoms with E-state index >= 15 is 0 Å². The molecule has 6 nitrogen and oxygen atoms in total. The first-order valence-electron chi connectivity index (χ1n) is 9.52. The lowest BCUT2D eigenvalue weighted by atomic mass is 9.96. The molecule has 0 spiro atoms. The molecule has 4 rings (SSSR count). The summed E-state index contributed by atoms with van der Waals surface area (Å²) in [6, 6.07) is 20.6. The van der Waals surface area contributed by atoms with Crippen LogP contribution in [0, 0.1) is 0 Å². The molecule has 0 fully saturated rings. The van der Waals surface area contributed by atoms with Gasteiger partial charge in [0.15, 0.2) is 0 Å². The van der Waals surface area contributed by atoms with E-state index in [0.29, 0.717) is 5.69 Å². The molecule has 154 valence electrons. The van der Waals surface area contributed by atoms with Gasteiger partial charge in [-0.1, -0.05) is 48.5 Å². The average Bonchev–Trinajstić information content (AvgIpc) is 2.78. The van der Waals surface area contributed by atoms with Crippen LogP contribution in [-0.2, 0) is 32.5 Å². The second-order valence-corrected chi connectivity index (χ2v) is 9.10. The second kappa shape index (κ2) is 7.93. The van der Waals surface area contributed by atoms with Crippen molar-refractivity contribution in [3.63, 3.8) is 0 Å². The fourth-order valence-corrected chi connectivity index (χ4v) is 5.27. The number of carbonyl (C=O) groups excluding carboxylic acids is 1. The molecule has 0 saturated carbocycles. The summed E-state index contributed by atoms with van der Waals surface area (Å²) in [7, 11) is -2.63. The Balaban J connectivity index is 1.69. The van der Waals surface area contributed by atoms with Crippen LogP contribution in [0.2, 0.25) is 0 Å². The fraction of sp³-hybridized carbons (Fsp3) is 0.174. The van der Waals surface area contributed by atoms with Crippen molar-refractivity contribution in [2.75, 3.05) is 12.8 Å². The number of nitrogen functional groups attached to an aromatic ring is 1. The number of hydrogen-bond acceptors (Lipinski definition) is 5. The molecule has 0 aliphatic carbocycles. The van der Waals surface area contributed by atoms with E-state index in [4.69, 9.17) is 10.5 Å². The molecule has 0 saturated heterocycles. The minimum atomic E-state index is -3.90. The summed E-state index contributed by atoms with van der Waals surface area (Å²) >= 11 is 0. The number of anilines is 1. The van der Waals surface area contributed by atoms with Gasteiger partial charge < -0.3 is 10.5 Å². The number of rotatable bonds is 4. The van der Waals surface area contributed by atoms with Crippen molar-refractivity contribution in [1.82, 2.24) is 4.31 Å². The van der Waals surface area contributed by atoms with Crippen LogP contribution in [0.4, 0.5) is 5.69 Å². The van der Waals surface area contributed by atoms with Gasteiger partial charge in [-0.15, -0.1) is 0 Å². The van der Waals surface area contributed by atoms with Crippen molar-refractivity contribution in [1.29, 1.82) is 0 Å². The van der Waals surface area contributed by atoms with Gasteiger partial charge in [0.2, 0.25) is 10.0 Å². The van der Waals surface area contributed by atoms with Crippen LogP contribution in [-0.4, -0.2) is 31.8 Å². The zero-order valence-corrected chi connectivity index (χ0v) is 17.3. The molecule has 0 aromatic heterocycles. The maximum absolute atomic E-state index is 13.4. The number of nitrogens with two attached hydrogens (primary N) is 1. The Hall–Kier alpha value is -3.16. The Morgan fingerprint density at radius 3 is 2.10 bits per heavy atom. The number of nitrogens with zero attached hydrogens (tertiary/aromatic N) is 1. The van der Waals surface area contributed by atoms with E-state index in [1.54, 1.807) is 36.4 Å². The van der Waals surface area contributed by atoms with Crippen LogP contribution >= 0.6 is 0 Å². The molecule has 0 unspecified atom stereocenters. The largest absolute Gasteiger partial charge is 0.468 e. The first-order valence-corrected chi connectivity index (χ1v) is 11.0. The fourth-order valence-electron chi connectivity index (χ4n) is 3.72.